The molecule has 0 aliphatic rings. The molecule has 0 aliphatic carbocycles. The Bertz CT molecular complexity index is 960. The summed E-state index contributed by atoms with van der Waals surface area (Å²) in [6.45, 7) is -0.168. The van der Waals surface area contributed by atoms with Crippen molar-refractivity contribution in [3.8, 4) is 28.4 Å². The Hall–Kier alpha value is -3.18. The van der Waals surface area contributed by atoms with Crippen LogP contribution in [0.15, 0.2) is 66.7 Å². The zero-order valence-corrected chi connectivity index (χ0v) is 16.3. The predicted molar refractivity (Wildman–Crippen MR) is 111 cm³/mol. The van der Waals surface area contributed by atoms with E-state index in [1.165, 1.54) is 7.11 Å². The van der Waals surface area contributed by atoms with E-state index in [4.69, 9.17) is 25.8 Å². The van der Waals surface area contributed by atoms with Crippen molar-refractivity contribution in [3.05, 3.63) is 71.8 Å². The molecule has 0 radical (unpaired) electrons. The Balaban J connectivity index is 1.62. The second-order valence-corrected chi connectivity index (χ2v) is 6.33. The minimum absolute atomic E-state index is 0.168. The summed E-state index contributed by atoms with van der Waals surface area (Å²) in [4.78, 5) is 12.2. The van der Waals surface area contributed by atoms with E-state index in [1.807, 2.05) is 42.5 Å². The molecule has 3 aromatic carbocycles. The molecule has 6 heteroatoms. The molecule has 0 fully saturated rings. The molecular weight excluding hydrogens is 378 g/mol. The molecule has 0 bridgehead atoms. The van der Waals surface area contributed by atoms with Gasteiger partial charge in [0.2, 0.25) is 0 Å². The van der Waals surface area contributed by atoms with Crippen LogP contribution in [-0.2, 0) is 4.79 Å². The first kappa shape index (κ1) is 19.6. The third-order valence-electron chi connectivity index (χ3n) is 4.07. The molecule has 0 saturated carbocycles. The van der Waals surface area contributed by atoms with Crippen LogP contribution < -0.4 is 19.5 Å². The van der Waals surface area contributed by atoms with E-state index in [0.717, 1.165) is 11.1 Å². The van der Waals surface area contributed by atoms with Crippen molar-refractivity contribution in [1.82, 2.24) is 0 Å². The standard InChI is InChI=1S/C22H20ClNO4/c1-26-20-11-9-17(13-21(20)27-2)24-22(25)14-28-19-10-8-16(12-18(19)23)15-6-4-3-5-7-15/h3-13H,14H2,1-2H3,(H,24,25). The van der Waals surface area contributed by atoms with Crippen molar-refractivity contribution < 1.29 is 19.0 Å². The molecule has 144 valence electrons. The molecule has 28 heavy (non-hydrogen) atoms. The van der Waals surface area contributed by atoms with Crippen molar-refractivity contribution in [1.29, 1.82) is 0 Å². The predicted octanol–water partition coefficient (Wildman–Crippen LogP) is 5.04. The summed E-state index contributed by atoms with van der Waals surface area (Å²) in [5, 5.41) is 3.20. The molecule has 0 aliphatic heterocycles. The molecule has 0 saturated heterocycles. The van der Waals surface area contributed by atoms with Crippen LogP contribution in [0.2, 0.25) is 5.02 Å². The molecule has 0 aromatic heterocycles. The Kier molecular flexibility index (Phi) is 6.40. The van der Waals surface area contributed by atoms with Gasteiger partial charge in [-0.25, -0.2) is 0 Å². The van der Waals surface area contributed by atoms with Gasteiger partial charge < -0.3 is 19.5 Å². The van der Waals surface area contributed by atoms with Crippen LogP contribution in [0.4, 0.5) is 5.69 Å². The molecule has 0 spiro atoms. The summed E-state index contributed by atoms with van der Waals surface area (Å²) in [5.74, 6) is 1.25. The maximum atomic E-state index is 12.2. The molecule has 1 amide bonds. The monoisotopic (exact) mass is 397 g/mol. The molecular formula is C22H20ClNO4. The third-order valence-corrected chi connectivity index (χ3v) is 4.36. The normalized spacial score (nSPS) is 10.2. The van der Waals surface area contributed by atoms with Gasteiger partial charge in [-0.2, -0.15) is 0 Å². The van der Waals surface area contributed by atoms with E-state index in [1.54, 1.807) is 31.4 Å². The Morgan fingerprint density at radius 1 is 0.857 bits per heavy atom. The number of hydrogen-bond acceptors (Lipinski definition) is 4. The number of anilines is 1. The van der Waals surface area contributed by atoms with Crippen molar-refractivity contribution >= 4 is 23.2 Å². The number of methoxy groups -OCH3 is 2. The molecule has 3 rings (SSSR count). The lowest BCUT2D eigenvalue weighted by molar-refractivity contribution is -0.118. The van der Waals surface area contributed by atoms with Gasteiger partial charge in [-0.15, -0.1) is 0 Å². The highest BCUT2D eigenvalue weighted by atomic mass is 35.5. The zero-order chi connectivity index (χ0) is 19.9. The SMILES string of the molecule is COc1ccc(NC(=O)COc2ccc(-c3ccccc3)cc2Cl)cc1OC. The van der Waals surface area contributed by atoms with Crippen LogP contribution in [0, 0.1) is 0 Å². The first-order valence-electron chi connectivity index (χ1n) is 8.60. The fraction of sp³-hybridized carbons (Fsp3) is 0.136. The minimum Gasteiger partial charge on any atom is -0.493 e. The van der Waals surface area contributed by atoms with Gasteiger partial charge in [0.25, 0.3) is 5.91 Å². The van der Waals surface area contributed by atoms with Crippen LogP contribution >= 0.6 is 11.6 Å². The van der Waals surface area contributed by atoms with Crippen LogP contribution in [-0.4, -0.2) is 26.7 Å². The van der Waals surface area contributed by atoms with Crippen LogP contribution in [0.25, 0.3) is 11.1 Å². The Morgan fingerprint density at radius 3 is 2.25 bits per heavy atom. The summed E-state index contributed by atoms with van der Waals surface area (Å²) in [6.07, 6.45) is 0. The van der Waals surface area contributed by atoms with Gasteiger partial charge in [-0.05, 0) is 35.4 Å². The highest BCUT2D eigenvalue weighted by Crippen LogP contribution is 2.31. The largest absolute Gasteiger partial charge is 0.493 e. The average molecular weight is 398 g/mol. The molecule has 5 nitrogen and oxygen atoms in total. The number of carbonyl (C=O) groups excluding carboxylic acids is 1. The minimum atomic E-state index is -0.310. The molecule has 3 aromatic rings. The van der Waals surface area contributed by atoms with E-state index in [9.17, 15) is 4.79 Å². The maximum Gasteiger partial charge on any atom is 0.262 e. The first-order valence-corrected chi connectivity index (χ1v) is 8.98. The van der Waals surface area contributed by atoms with Gasteiger partial charge in [0.05, 0.1) is 19.2 Å². The van der Waals surface area contributed by atoms with Crippen molar-refractivity contribution in [2.24, 2.45) is 0 Å². The number of ether oxygens (including phenoxy) is 3. The number of halogens is 1. The van der Waals surface area contributed by atoms with Crippen LogP contribution in [0.5, 0.6) is 17.2 Å². The van der Waals surface area contributed by atoms with Crippen LogP contribution in [0.3, 0.4) is 0 Å². The van der Waals surface area contributed by atoms with Crippen molar-refractivity contribution in [2.45, 2.75) is 0 Å². The molecule has 0 heterocycles. The lowest BCUT2D eigenvalue weighted by Gasteiger charge is -2.12. The Morgan fingerprint density at radius 2 is 1.57 bits per heavy atom. The van der Waals surface area contributed by atoms with E-state index in [-0.39, 0.29) is 12.5 Å². The van der Waals surface area contributed by atoms with Crippen LogP contribution in [0.1, 0.15) is 0 Å². The molecule has 0 unspecified atom stereocenters. The zero-order valence-electron chi connectivity index (χ0n) is 15.6. The second kappa shape index (κ2) is 9.15. The van der Waals surface area contributed by atoms with Crippen molar-refractivity contribution in [3.63, 3.8) is 0 Å². The number of amides is 1. The summed E-state index contributed by atoms with van der Waals surface area (Å²) in [6, 6.07) is 20.5. The fourth-order valence-electron chi connectivity index (χ4n) is 2.68. The van der Waals surface area contributed by atoms with E-state index in [2.05, 4.69) is 5.32 Å². The highest BCUT2D eigenvalue weighted by Gasteiger charge is 2.10. The number of rotatable bonds is 7. The summed E-state index contributed by atoms with van der Waals surface area (Å²) in [5.41, 5.74) is 2.62. The summed E-state index contributed by atoms with van der Waals surface area (Å²) in [7, 11) is 3.09. The van der Waals surface area contributed by atoms with Gasteiger partial charge in [-0.1, -0.05) is 48.0 Å². The van der Waals surface area contributed by atoms with E-state index in [0.29, 0.717) is 28.0 Å². The number of benzene rings is 3. The number of carbonyl (C=O) groups is 1. The molecule has 0 atom stereocenters. The number of nitrogens with one attached hydrogen (secondary N) is 1. The lowest BCUT2D eigenvalue weighted by atomic mass is 10.1. The molecule has 1 N–H and O–H groups in total. The second-order valence-electron chi connectivity index (χ2n) is 5.92. The smallest absolute Gasteiger partial charge is 0.262 e. The summed E-state index contributed by atoms with van der Waals surface area (Å²) >= 11 is 6.31. The topological polar surface area (TPSA) is 56.8 Å². The van der Waals surface area contributed by atoms with Crippen molar-refractivity contribution in [2.75, 3.05) is 26.1 Å². The maximum absolute atomic E-state index is 12.2. The first-order chi connectivity index (χ1) is 13.6. The van der Waals surface area contributed by atoms with Gasteiger partial charge in [0.1, 0.15) is 5.75 Å². The third kappa shape index (κ3) is 4.75. The quantitative estimate of drug-likeness (QED) is 0.606. The van der Waals surface area contributed by atoms with Gasteiger partial charge >= 0.3 is 0 Å². The number of hydrogen-bond donors (Lipinski definition) is 1. The van der Waals surface area contributed by atoms with Gasteiger partial charge in [-0.3, -0.25) is 4.79 Å². The average Bonchev–Trinajstić information content (AvgIpc) is 2.73. The summed E-state index contributed by atoms with van der Waals surface area (Å²) < 4.78 is 16.0. The van der Waals surface area contributed by atoms with Gasteiger partial charge in [0, 0.05) is 11.8 Å². The van der Waals surface area contributed by atoms with E-state index >= 15 is 0 Å². The lowest BCUT2D eigenvalue weighted by Crippen LogP contribution is -2.20. The Labute approximate surface area is 168 Å². The fourth-order valence-corrected chi connectivity index (χ4v) is 2.92. The van der Waals surface area contributed by atoms with Gasteiger partial charge in [0.15, 0.2) is 18.1 Å². The van der Waals surface area contributed by atoms with E-state index < -0.39 is 0 Å². The highest BCUT2D eigenvalue weighted by molar-refractivity contribution is 6.32.